The highest BCUT2D eigenvalue weighted by molar-refractivity contribution is 6.30. The Kier molecular flexibility index (Phi) is 3.07. The topological polar surface area (TPSA) is 52.0 Å². The number of benzene rings is 1. The summed E-state index contributed by atoms with van der Waals surface area (Å²) in [6, 6.07) is 4.47. The molecule has 2 rings (SSSR count). The number of nitrogen functional groups attached to an aromatic ring is 1. The quantitative estimate of drug-likeness (QED) is 0.886. The fourth-order valence-electron chi connectivity index (χ4n) is 1.71. The lowest BCUT2D eigenvalue weighted by Crippen LogP contribution is -1.95. The molecule has 2 N–H and O–H groups in total. The van der Waals surface area contributed by atoms with Gasteiger partial charge in [0.2, 0.25) is 0 Å². The predicted octanol–water partition coefficient (Wildman–Crippen LogP) is 3.84. The summed E-state index contributed by atoms with van der Waals surface area (Å²) in [4.78, 5) is 0. The fourth-order valence-corrected chi connectivity index (χ4v) is 1.83. The zero-order chi connectivity index (χ0) is 12.6. The van der Waals surface area contributed by atoms with Crippen LogP contribution in [0, 0.1) is 5.82 Å². The van der Waals surface area contributed by atoms with Crippen LogP contribution in [0.5, 0.6) is 0 Å². The minimum absolute atomic E-state index is 0.0762. The Balaban J connectivity index is 2.56. The molecule has 0 fully saturated rings. The van der Waals surface area contributed by atoms with Gasteiger partial charge < -0.3 is 10.3 Å². The Morgan fingerprint density at radius 1 is 1.41 bits per heavy atom. The first-order valence-electron chi connectivity index (χ1n) is 5.21. The van der Waals surface area contributed by atoms with Gasteiger partial charge in [-0.05, 0) is 24.1 Å². The van der Waals surface area contributed by atoms with Gasteiger partial charge in [-0.25, -0.2) is 4.39 Å². The molecule has 1 aromatic heterocycles. The van der Waals surface area contributed by atoms with Crippen LogP contribution in [0.4, 0.5) is 10.2 Å². The molecule has 0 aliphatic heterocycles. The van der Waals surface area contributed by atoms with Crippen LogP contribution in [0.25, 0.3) is 11.3 Å². The van der Waals surface area contributed by atoms with Crippen LogP contribution in [-0.4, -0.2) is 5.16 Å². The van der Waals surface area contributed by atoms with E-state index in [4.69, 9.17) is 21.9 Å². The molecule has 2 aromatic rings. The second-order valence-electron chi connectivity index (χ2n) is 4.09. The lowest BCUT2D eigenvalue weighted by atomic mass is 9.99. The van der Waals surface area contributed by atoms with Gasteiger partial charge in [-0.2, -0.15) is 0 Å². The van der Waals surface area contributed by atoms with Crippen molar-refractivity contribution < 1.29 is 8.91 Å². The van der Waals surface area contributed by atoms with Crippen LogP contribution in [0.2, 0.25) is 5.02 Å². The number of nitrogens with two attached hydrogens (primary N) is 1. The molecule has 17 heavy (non-hydrogen) atoms. The molecule has 0 aliphatic carbocycles. The van der Waals surface area contributed by atoms with Crippen molar-refractivity contribution in [2.75, 3.05) is 5.73 Å². The Morgan fingerprint density at radius 2 is 2.12 bits per heavy atom. The monoisotopic (exact) mass is 254 g/mol. The number of hydrogen-bond acceptors (Lipinski definition) is 3. The van der Waals surface area contributed by atoms with Gasteiger partial charge in [0.15, 0.2) is 11.6 Å². The van der Waals surface area contributed by atoms with Crippen LogP contribution in [0.3, 0.4) is 0 Å². The highest BCUT2D eigenvalue weighted by Crippen LogP contribution is 2.34. The summed E-state index contributed by atoms with van der Waals surface area (Å²) in [5.41, 5.74) is 7.09. The van der Waals surface area contributed by atoms with Gasteiger partial charge in [0, 0.05) is 11.1 Å². The van der Waals surface area contributed by atoms with Gasteiger partial charge in [-0.15, -0.1) is 0 Å². The highest BCUT2D eigenvalue weighted by atomic mass is 35.5. The van der Waals surface area contributed by atoms with Crippen molar-refractivity contribution in [1.82, 2.24) is 5.16 Å². The van der Waals surface area contributed by atoms with Crippen LogP contribution in [0.1, 0.15) is 25.3 Å². The molecule has 0 bridgehead atoms. The van der Waals surface area contributed by atoms with E-state index in [1.54, 1.807) is 6.07 Å². The Morgan fingerprint density at radius 3 is 2.71 bits per heavy atom. The maximum absolute atomic E-state index is 13.4. The molecule has 0 unspecified atom stereocenters. The standard InChI is InChI=1S/C12H12ClFN2O/c1-6(2)10-11(17-16-12(10)15)7-3-4-8(13)9(14)5-7/h3-6H,1-2H3,(H2,15,16). The molecule has 0 saturated heterocycles. The van der Waals surface area contributed by atoms with E-state index < -0.39 is 5.82 Å². The van der Waals surface area contributed by atoms with Crippen LogP contribution >= 0.6 is 11.6 Å². The summed E-state index contributed by atoms with van der Waals surface area (Å²) in [6.07, 6.45) is 0. The Hall–Kier alpha value is -1.55. The van der Waals surface area contributed by atoms with Crippen molar-refractivity contribution in [1.29, 1.82) is 0 Å². The van der Waals surface area contributed by atoms with Crippen molar-refractivity contribution >= 4 is 17.4 Å². The number of hydrogen-bond donors (Lipinski definition) is 1. The minimum Gasteiger partial charge on any atom is -0.381 e. The molecule has 3 nitrogen and oxygen atoms in total. The summed E-state index contributed by atoms with van der Waals surface area (Å²) < 4.78 is 18.5. The van der Waals surface area contributed by atoms with Crippen molar-refractivity contribution in [2.45, 2.75) is 19.8 Å². The summed E-state index contributed by atoms with van der Waals surface area (Å²) in [5.74, 6) is 0.488. The largest absolute Gasteiger partial charge is 0.381 e. The third-order valence-corrected chi connectivity index (χ3v) is 2.82. The van der Waals surface area contributed by atoms with Crippen molar-refractivity contribution in [3.8, 4) is 11.3 Å². The molecular formula is C12H12ClFN2O. The summed E-state index contributed by atoms with van der Waals surface area (Å²) in [7, 11) is 0. The predicted molar refractivity (Wildman–Crippen MR) is 65.4 cm³/mol. The second-order valence-corrected chi connectivity index (χ2v) is 4.50. The molecule has 0 spiro atoms. The molecule has 0 atom stereocenters. The fraction of sp³-hybridized carbons (Fsp3) is 0.250. The average Bonchev–Trinajstić information content (AvgIpc) is 2.64. The number of aromatic nitrogens is 1. The second kappa shape index (κ2) is 4.37. The maximum Gasteiger partial charge on any atom is 0.172 e. The number of halogens is 2. The first-order valence-corrected chi connectivity index (χ1v) is 5.59. The van der Waals surface area contributed by atoms with Crippen LogP contribution in [-0.2, 0) is 0 Å². The van der Waals surface area contributed by atoms with Crippen LogP contribution in [0.15, 0.2) is 22.7 Å². The SMILES string of the molecule is CC(C)c1c(N)noc1-c1ccc(Cl)c(F)c1. The van der Waals surface area contributed by atoms with E-state index in [1.807, 2.05) is 13.8 Å². The van der Waals surface area contributed by atoms with E-state index in [0.29, 0.717) is 17.1 Å². The van der Waals surface area contributed by atoms with Gasteiger partial charge in [-0.1, -0.05) is 30.6 Å². The molecule has 0 saturated carbocycles. The molecule has 90 valence electrons. The zero-order valence-electron chi connectivity index (χ0n) is 9.50. The average molecular weight is 255 g/mol. The van der Waals surface area contributed by atoms with Crippen molar-refractivity contribution in [2.24, 2.45) is 0 Å². The zero-order valence-corrected chi connectivity index (χ0v) is 10.3. The van der Waals surface area contributed by atoms with Gasteiger partial charge in [-0.3, -0.25) is 0 Å². The summed E-state index contributed by atoms with van der Waals surface area (Å²) in [5, 5.41) is 3.79. The third-order valence-electron chi connectivity index (χ3n) is 2.51. The van der Waals surface area contributed by atoms with E-state index in [-0.39, 0.29) is 10.9 Å². The molecule has 0 amide bonds. The van der Waals surface area contributed by atoms with Crippen molar-refractivity contribution in [3.05, 3.63) is 34.6 Å². The number of nitrogens with zero attached hydrogens (tertiary/aromatic N) is 1. The van der Waals surface area contributed by atoms with Gasteiger partial charge in [0.05, 0.1) is 5.02 Å². The summed E-state index contributed by atoms with van der Waals surface area (Å²) >= 11 is 5.63. The van der Waals surface area contributed by atoms with E-state index >= 15 is 0 Å². The summed E-state index contributed by atoms with van der Waals surface area (Å²) in [6.45, 7) is 3.94. The van der Waals surface area contributed by atoms with E-state index in [0.717, 1.165) is 5.56 Å². The molecular weight excluding hydrogens is 243 g/mol. The lowest BCUT2D eigenvalue weighted by Gasteiger charge is -2.05. The maximum atomic E-state index is 13.4. The van der Waals surface area contributed by atoms with E-state index in [9.17, 15) is 4.39 Å². The van der Waals surface area contributed by atoms with Gasteiger partial charge in [0.1, 0.15) is 5.82 Å². The Labute approximate surface area is 103 Å². The number of rotatable bonds is 2. The molecule has 5 heteroatoms. The highest BCUT2D eigenvalue weighted by Gasteiger charge is 2.19. The first kappa shape index (κ1) is 11.9. The smallest absolute Gasteiger partial charge is 0.172 e. The normalized spacial score (nSPS) is 11.1. The molecule has 0 aliphatic rings. The van der Waals surface area contributed by atoms with Gasteiger partial charge >= 0.3 is 0 Å². The first-order chi connectivity index (χ1) is 8.00. The minimum atomic E-state index is -0.492. The third kappa shape index (κ3) is 2.13. The molecule has 0 radical (unpaired) electrons. The van der Waals surface area contributed by atoms with Crippen LogP contribution < -0.4 is 5.73 Å². The number of anilines is 1. The van der Waals surface area contributed by atoms with Crippen molar-refractivity contribution in [3.63, 3.8) is 0 Å². The molecule has 1 aromatic carbocycles. The van der Waals surface area contributed by atoms with E-state index in [2.05, 4.69) is 5.16 Å². The van der Waals surface area contributed by atoms with E-state index in [1.165, 1.54) is 12.1 Å². The lowest BCUT2D eigenvalue weighted by molar-refractivity contribution is 0.434. The van der Waals surface area contributed by atoms with Gasteiger partial charge in [0.25, 0.3) is 0 Å². The Bertz CT molecular complexity index is 551. The molecule has 1 heterocycles.